The fourth-order valence-corrected chi connectivity index (χ4v) is 4.80. The first-order chi connectivity index (χ1) is 18.7. The zero-order chi connectivity index (χ0) is 26.3. The summed E-state index contributed by atoms with van der Waals surface area (Å²) in [4.78, 5) is 20.5. The number of hydrogen-bond acceptors (Lipinski definition) is 6. The van der Waals surface area contributed by atoms with Crippen molar-refractivity contribution in [1.82, 2.24) is 20.3 Å². The van der Waals surface area contributed by atoms with Crippen LogP contribution in [0.25, 0.3) is 22.0 Å². The number of hydrogen-bond donors (Lipinski definition) is 2. The Morgan fingerprint density at radius 3 is 2.71 bits per heavy atom. The molecule has 2 N–H and O–H groups in total. The maximum Gasteiger partial charge on any atom is 0.251 e. The van der Waals surface area contributed by atoms with Gasteiger partial charge in [-0.1, -0.05) is 25.1 Å². The number of ether oxygens (including phenoxy) is 1. The molecule has 0 bridgehead atoms. The number of nitrogens with one attached hydrogen (secondary N) is 2. The summed E-state index contributed by atoms with van der Waals surface area (Å²) in [6.07, 6.45) is 5.28. The van der Waals surface area contributed by atoms with E-state index in [1.54, 1.807) is 6.20 Å². The van der Waals surface area contributed by atoms with E-state index in [1.165, 1.54) is 0 Å². The first-order valence-corrected chi connectivity index (χ1v) is 13.1. The third kappa shape index (κ3) is 5.70. The molecule has 0 saturated carbocycles. The molecule has 8 heteroatoms. The second-order valence-corrected chi connectivity index (χ2v) is 9.37. The minimum atomic E-state index is -0.103. The maximum absolute atomic E-state index is 12.8. The van der Waals surface area contributed by atoms with Gasteiger partial charge in [-0.15, -0.1) is 0 Å². The molecule has 8 nitrogen and oxygen atoms in total. The van der Waals surface area contributed by atoms with Gasteiger partial charge >= 0.3 is 0 Å². The van der Waals surface area contributed by atoms with E-state index < -0.39 is 0 Å². The molecule has 2 aromatic heterocycles. The van der Waals surface area contributed by atoms with Crippen molar-refractivity contribution in [3.8, 4) is 17.2 Å². The average Bonchev–Trinajstić information content (AvgIpc) is 3.39. The molecular formula is C30H32N6O2. The Bertz CT molecular complexity index is 1430. The molecule has 3 heterocycles. The number of carbonyl (C=O) groups excluding carboxylic acids is 1. The lowest BCUT2D eigenvalue weighted by Gasteiger charge is -2.38. The smallest absolute Gasteiger partial charge is 0.251 e. The van der Waals surface area contributed by atoms with Crippen molar-refractivity contribution in [3.05, 3.63) is 83.7 Å². The topological polar surface area (TPSA) is 97.3 Å². The maximum atomic E-state index is 12.8. The quantitative estimate of drug-likeness (QED) is 0.345. The largest absolute Gasteiger partial charge is 0.379 e. The minimum Gasteiger partial charge on any atom is -0.379 e. The molecule has 4 aromatic rings. The zero-order valence-electron chi connectivity index (χ0n) is 21.6. The van der Waals surface area contributed by atoms with E-state index >= 15 is 0 Å². The van der Waals surface area contributed by atoms with Gasteiger partial charge in [0.1, 0.15) is 11.9 Å². The summed E-state index contributed by atoms with van der Waals surface area (Å²) in [6.45, 7) is 6.76. The highest BCUT2D eigenvalue weighted by atomic mass is 16.5. The van der Waals surface area contributed by atoms with E-state index in [4.69, 9.17) is 4.74 Å². The van der Waals surface area contributed by atoms with Gasteiger partial charge in [-0.25, -0.2) is 9.99 Å². The van der Waals surface area contributed by atoms with Gasteiger partial charge in [0.25, 0.3) is 5.91 Å². The van der Waals surface area contributed by atoms with Gasteiger partial charge in [0.15, 0.2) is 0 Å². The Labute approximate surface area is 222 Å². The number of anilines is 1. The number of morpholine rings is 1. The van der Waals surface area contributed by atoms with Gasteiger partial charge in [-0.05, 0) is 65.9 Å². The van der Waals surface area contributed by atoms with Crippen LogP contribution in [0.2, 0.25) is 0 Å². The summed E-state index contributed by atoms with van der Waals surface area (Å²) < 4.78 is 5.52. The van der Waals surface area contributed by atoms with Gasteiger partial charge in [-0.3, -0.25) is 9.80 Å². The summed E-state index contributed by atoms with van der Waals surface area (Å²) in [7, 11) is 0. The summed E-state index contributed by atoms with van der Waals surface area (Å²) in [5, 5.41) is 17.7. The number of pyridine rings is 1. The molecular weight excluding hydrogens is 476 g/mol. The van der Waals surface area contributed by atoms with Crippen molar-refractivity contribution in [2.45, 2.75) is 19.8 Å². The van der Waals surface area contributed by atoms with Crippen LogP contribution in [0.3, 0.4) is 0 Å². The Morgan fingerprint density at radius 2 is 1.95 bits per heavy atom. The highest BCUT2D eigenvalue weighted by Gasteiger charge is 2.20. The van der Waals surface area contributed by atoms with Crippen molar-refractivity contribution in [2.24, 2.45) is 0 Å². The number of carbonyl (C=O) groups is 1. The zero-order valence-corrected chi connectivity index (χ0v) is 21.6. The van der Waals surface area contributed by atoms with Crippen LogP contribution in [0, 0.1) is 11.3 Å². The van der Waals surface area contributed by atoms with E-state index in [0.717, 1.165) is 72.7 Å². The van der Waals surface area contributed by atoms with Crippen molar-refractivity contribution in [1.29, 1.82) is 5.26 Å². The van der Waals surface area contributed by atoms with E-state index in [1.807, 2.05) is 54.7 Å². The molecule has 38 heavy (non-hydrogen) atoms. The number of benzene rings is 2. The number of aromatic nitrogens is 2. The summed E-state index contributed by atoms with van der Waals surface area (Å²) in [5.41, 5.74) is 5.37. The molecule has 1 saturated heterocycles. The van der Waals surface area contributed by atoms with Crippen molar-refractivity contribution < 1.29 is 9.53 Å². The molecule has 1 amide bonds. The first kappa shape index (κ1) is 25.5. The van der Waals surface area contributed by atoms with E-state index in [9.17, 15) is 10.1 Å². The Hall–Kier alpha value is -4.19. The summed E-state index contributed by atoms with van der Waals surface area (Å²) >= 11 is 0. The van der Waals surface area contributed by atoms with Crippen LogP contribution in [-0.2, 0) is 11.2 Å². The second-order valence-electron chi connectivity index (χ2n) is 9.37. The van der Waals surface area contributed by atoms with E-state index in [0.29, 0.717) is 24.1 Å². The Kier molecular flexibility index (Phi) is 7.98. The predicted octanol–water partition coefficient (Wildman–Crippen LogP) is 4.54. The number of rotatable bonds is 9. The lowest BCUT2D eigenvalue weighted by Crippen LogP contribution is -2.49. The summed E-state index contributed by atoms with van der Waals surface area (Å²) in [5.74, 6) is 0.821. The third-order valence-electron chi connectivity index (χ3n) is 6.82. The van der Waals surface area contributed by atoms with Crippen LogP contribution < -0.4 is 10.3 Å². The standard InChI is InChI=1S/C30H32N6O2/c1-2-13-36(35-14-16-38-17-15-35)29-19-25(10-12-32-29)23-4-6-24(7-5-23)30(37)33-11-9-22-3-8-28-27(18-22)26(20-31)21-34-28/h3-8,10,12,18-19,21,34H,2,9,11,13-17H2,1H3,(H,33,37). The minimum absolute atomic E-state index is 0.103. The number of nitrogens with zero attached hydrogens (tertiary/aromatic N) is 4. The van der Waals surface area contributed by atoms with Crippen molar-refractivity contribution in [2.75, 3.05) is 44.4 Å². The molecule has 1 fully saturated rings. The van der Waals surface area contributed by atoms with Crippen LogP contribution in [-0.4, -0.2) is 60.3 Å². The van der Waals surface area contributed by atoms with Crippen LogP contribution in [0.4, 0.5) is 5.82 Å². The number of hydrazine groups is 1. The molecule has 0 atom stereocenters. The number of H-pyrrole nitrogens is 1. The predicted molar refractivity (Wildman–Crippen MR) is 149 cm³/mol. The summed E-state index contributed by atoms with van der Waals surface area (Å²) in [6, 6.07) is 20.0. The molecule has 0 unspecified atom stereocenters. The lowest BCUT2D eigenvalue weighted by atomic mass is 10.0. The number of amides is 1. The number of nitriles is 1. The Balaban J connectivity index is 1.22. The number of fused-ring (bicyclic) bond motifs is 1. The van der Waals surface area contributed by atoms with Gasteiger partial charge in [0, 0.05) is 55.0 Å². The second kappa shape index (κ2) is 11.9. The molecule has 1 aliphatic rings. The molecule has 0 radical (unpaired) electrons. The molecule has 194 valence electrons. The third-order valence-corrected chi connectivity index (χ3v) is 6.82. The highest BCUT2D eigenvalue weighted by molar-refractivity contribution is 5.94. The van der Waals surface area contributed by atoms with Crippen LogP contribution >= 0.6 is 0 Å². The van der Waals surface area contributed by atoms with E-state index in [-0.39, 0.29) is 5.91 Å². The molecule has 2 aromatic carbocycles. The van der Waals surface area contributed by atoms with E-state index in [2.05, 4.69) is 44.4 Å². The van der Waals surface area contributed by atoms with Gasteiger partial charge < -0.3 is 15.0 Å². The lowest BCUT2D eigenvalue weighted by molar-refractivity contribution is 0.0312. The van der Waals surface area contributed by atoms with Crippen LogP contribution in [0.5, 0.6) is 0 Å². The van der Waals surface area contributed by atoms with Gasteiger partial charge in [0.2, 0.25) is 0 Å². The fourth-order valence-electron chi connectivity index (χ4n) is 4.80. The first-order valence-electron chi connectivity index (χ1n) is 13.1. The number of aromatic amines is 1. The Morgan fingerprint density at radius 1 is 1.13 bits per heavy atom. The van der Waals surface area contributed by atoms with Crippen molar-refractivity contribution in [3.63, 3.8) is 0 Å². The van der Waals surface area contributed by atoms with Crippen molar-refractivity contribution >= 4 is 22.6 Å². The van der Waals surface area contributed by atoms with Crippen LogP contribution in [0.1, 0.15) is 34.8 Å². The monoisotopic (exact) mass is 508 g/mol. The SMILES string of the molecule is CCCN(c1cc(-c2ccc(C(=O)NCCc3ccc4[nH]cc(C#N)c4c3)cc2)ccn1)N1CCOCC1. The fraction of sp³-hybridized carbons (Fsp3) is 0.300. The van der Waals surface area contributed by atoms with Gasteiger partial charge in [0.05, 0.1) is 18.8 Å². The normalized spacial score (nSPS) is 13.8. The molecule has 0 spiro atoms. The molecule has 0 aliphatic carbocycles. The molecule has 1 aliphatic heterocycles. The van der Waals surface area contributed by atoms with Gasteiger partial charge in [-0.2, -0.15) is 5.26 Å². The highest BCUT2D eigenvalue weighted by Crippen LogP contribution is 2.25. The molecule has 5 rings (SSSR count). The average molecular weight is 509 g/mol. The van der Waals surface area contributed by atoms with Crippen LogP contribution in [0.15, 0.2) is 67.0 Å².